The molecule has 4 aromatic carbocycles. The average Bonchev–Trinajstić information content (AvgIpc) is 2.94. The molecule has 192 valence electrons. The lowest BCUT2D eigenvalue weighted by atomic mass is 10.00. The normalized spacial score (nSPS) is 11.3. The monoisotopic (exact) mass is 509 g/mol. The van der Waals surface area contributed by atoms with Crippen LogP contribution in [0, 0.1) is 0 Å². The molecule has 0 fully saturated rings. The van der Waals surface area contributed by atoms with Gasteiger partial charge in [0.2, 0.25) is 0 Å². The molecule has 0 aliphatic heterocycles. The van der Waals surface area contributed by atoms with Crippen molar-refractivity contribution in [3.63, 3.8) is 0 Å². The van der Waals surface area contributed by atoms with Gasteiger partial charge >= 0.3 is 18.0 Å². The number of amides is 1. The van der Waals surface area contributed by atoms with Crippen LogP contribution >= 0.6 is 0 Å². The second-order valence-corrected chi connectivity index (χ2v) is 8.57. The fraction of sp³-hybridized carbons (Fsp3) is 0.129. The predicted molar refractivity (Wildman–Crippen MR) is 146 cm³/mol. The molecule has 0 heterocycles. The number of carbonyl (C=O) groups is 3. The third-order valence-electron chi connectivity index (χ3n) is 5.68. The summed E-state index contributed by atoms with van der Waals surface area (Å²) in [6.07, 6.45) is -1.83. The van der Waals surface area contributed by atoms with E-state index in [1.807, 2.05) is 78.9 Å². The summed E-state index contributed by atoms with van der Waals surface area (Å²) in [7, 11) is 0. The molecule has 0 radical (unpaired) electrons. The molecule has 7 nitrogen and oxygen atoms in total. The highest BCUT2D eigenvalue weighted by Gasteiger charge is 2.22. The van der Waals surface area contributed by atoms with E-state index in [4.69, 9.17) is 14.2 Å². The molecule has 0 saturated carbocycles. The van der Waals surface area contributed by atoms with Crippen molar-refractivity contribution >= 4 is 34.5 Å². The predicted octanol–water partition coefficient (Wildman–Crippen LogP) is 6.40. The van der Waals surface area contributed by atoms with Gasteiger partial charge in [0.05, 0.1) is 11.3 Å². The van der Waals surface area contributed by atoms with Crippen LogP contribution in [0.5, 0.6) is 0 Å². The van der Waals surface area contributed by atoms with Gasteiger partial charge in [-0.1, -0.05) is 91.5 Å². The van der Waals surface area contributed by atoms with Crippen molar-refractivity contribution in [1.29, 1.82) is 0 Å². The molecule has 1 unspecified atom stereocenters. The maximum Gasteiger partial charge on any atom is 0.412 e. The molecule has 0 bridgehead atoms. The number of hydrogen-bond donors (Lipinski definition) is 1. The lowest BCUT2D eigenvalue weighted by Crippen LogP contribution is -2.32. The molecular formula is C31H27NO6. The van der Waals surface area contributed by atoms with E-state index in [-0.39, 0.29) is 18.8 Å². The molecule has 0 aromatic heterocycles. The Balaban J connectivity index is 1.46. The number of carbonyl (C=O) groups excluding carboxylic acids is 3. The van der Waals surface area contributed by atoms with Crippen molar-refractivity contribution in [1.82, 2.24) is 0 Å². The van der Waals surface area contributed by atoms with Crippen LogP contribution < -0.4 is 5.32 Å². The summed E-state index contributed by atoms with van der Waals surface area (Å²) < 4.78 is 16.2. The molecule has 0 saturated heterocycles. The summed E-state index contributed by atoms with van der Waals surface area (Å²) in [4.78, 5) is 37.7. The van der Waals surface area contributed by atoms with Crippen LogP contribution in [0.15, 0.2) is 109 Å². The lowest BCUT2D eigenvalue weighted by molar-refractivity contribution is -0.142. The average molecular weight is 510 g/mol. The molecule has 1 amide bonds. The van der Waals surface area contributed by atoms with E-state index < -0.39 is 24.1 Å². The third kappa shape index (κ3) is 6.64. The fourth-order valence-corrected chi connectivity index (χ4v) is 3.81. The van der Waals surface area contributed by atoms with E-state index >= 15 is 0 Å². The fourth-order valence-electron chi connectivity index (χ4n) is 3.81. The van der Waals surface area contributed by atoms with Gasteiger partial charge in [0, 0.05) is 11.0 Å². The number of anilines is 1. The molecule has 4 aromatic rings. The smallest absolute Gasteiger partial charge is 0.412 e. The van der Waals surface area contributed by atoms with Crippen molar-refractivity contribution in [2.75, 3.05) is 18.5 Å². The van der Waals surface area contributed by atoms with Gasteiger partial charge in [-0.05, 0) is 35.6 Å². The maximum absolute atomic E-state index is 13.0. The highest BCUT2D eigenvalue weighted by molar-refractivity contribution is 6.00. The first-order valence-electron chi connectivity index (χ1n) is 12.0. The molecule has 0 aliphatic carbocycles. The molecule has 1 N–H and O–H groups in total. The van der Waals surface area contributed by atoms with Crippen molar-refractivity contribution in [2.45, 2.75) is 13.0 Å². The first kappa shape index (κ1) is 26.2. The largest absolute Gasteiger partial charge is 0.458 e. The zero-order chi connectivity index (χ0) is 26.9. The van der Waals surface area contributed by atoms with Crippen LogP contribution in [0.4, 0.5) is 10.5 Å². The molecule has 0 aliphatic rings. The molecule has 0 spiro atoms. The number of esters is 2. The van der Waals surface area contributed by atoms with Gasteiger partial charge in [0.15, 0.2) is 6.10 Å². The van der Waals surface area contributed by atoms with E-state index in [1.54, 1.807) is 18.2 Å². The van der Waals surface area contributed by atoms with E-state index in [0.717, 1.165) is 16.3 Å². The number of rotatable bonds is 9. The Labute approximate surface area is 220 Å². The molecular weight excluding hydrogens is 482 g/mol. The van der Waals surface area contributed by atoms with Crippen LogP contribution in [0.3, 0.4) is 0 Å². The van der Waals surface area contributed by atoms with Crippen molar-refractivity contribution in [2.24, 2.45) is 0 Å². The quantitative estimate of drug-likeness (QED) is 0.159. The second kappa shape index (κ2) is 12.4. The Morgan fingerprint density at radius 3 is 2.24 bits per heavy atom. The van der Waals surface area contributed by atoms with Gasteiger partial charge in [0.25, 0.3) is 0 Å². The molecule has 4 rings (SSSR count). The minimum absolute atomic E-state index is 0.192. The Kier molecular flexibility index (Phi) is 8.51. The van der Waals surface area contributed by atoms with Crippen LogP contribution in [-0.4, -0.2) is 37.3 Å². The van der Waals surface area contributed by atoms with Gasteiger partial charge < -0.3 is 14.2 Å². The van der Waals surface area contributed by atoms with Gasteiger partial charge in [-0.25, -0.2) is 14.4 Å². The highest BCUT2D eigenvalue weighted by atomic mass is 16.6. The zero-order valence-electron chi connectivity index (χ0n) is 20.9. The minimum Gasteiger partial charge on any atom is -0.458 e. The standard InChI is InChI=1S/C31H27NO6/c1-21(2)29(33)36-19-24(38-31(35)32-28-18-10-14-23-13-6-7-16-26(23)28)20-37-30(34)27-17-9-8-15-25(27)22-11-4-3-5-12-22/h3-18,24H,1,19-20H2,2H3,(H,32,35). The minimum atomic E-state index is -1.05. The number of ether oxygens (including phenoxy) is 3. The van der Waals surface area contributed by atoms with E-state index in [0.29, 0.717) is 16.8 Å². The SMILES string of the molecule is C=C(C)C(=O)OCC(COC(=O)c1ccccc1-c1ccccc1)OC(=O)Nc1cccc2ccccc12. The molecule has 7 heteroatoms. The summed E-state index contributed by atoms with van der Waals surface area (Å²) in [6.45, 7) is 4.41. The first-order chi connectivity index (χ1) is 18.4. The maximum atomic E-state index is 13.0. The Morgan fingerprint density at radius 1 is 0.789 bits per heavy atom. The van der Waals surface area contributed by atoms with Crippen molar-refractivity contribution in [3.05, 3.63) is 115 Å². The van der Waals surface area contributed by atoms with Crippen LogP contribution in [0.1, 0.15) is 17.3 Å². The number of nitrogens with one attached hydrogen (secondary N) is 1. The number of benzene rings is 4. The third-order valence-corrected chi connectivity index (χ3v) is 5.68. The molecule has 38 heavy (non-hydrogen) atoms. The number of fused-ring (bicyclic) bond motifs is 1. The lowest BCUT2D eigenvalue weighted by Gasteiger charge is -2.19. The van der Waals surface area contributed by atoms with Gasteiger partial charge in [-0.3, -0.25) is 5.32 Å². The van der Waals surface area contributed by atoms with Crippen LogP contribution in [-0.2, 0) is 19.0 Å². The summed E-state index contributed by atoms with van der Waals surface area (Å²) in [5.41, 5.74) is 2.67. The Hall–Kier alpha value is -4.91. The second-order valence-electron chi connectivity index (χ2n) is 8.57. The van der Waals surface area contributed by atoms with Gasteiger partial charge in [0.1, 0.15) is 13.2 Å². The van der Waals surface area contributed by atoms with Gasteiger partial charge in [-0.15, -0.1) is 0 Å². The highest BCUT2D eigenvalue weighted by Crippen LogP contribution is 2.25. The topological polar surface area (TPSA) is 90.9 Å². The summed E-state index contributed by atoms with van der Waals surface area (Å²) in [6, 6.07) is 29.6. The van der Waals surface area contributed by atoms with E-state index in [9.17, 15) is 14.4 Å². The Morgan fingerprint density at radius 2 is 1.45 bits per heavy atom. The van der Waals surface area contributed by atoms with Crippen molar-refractivity contribution in [3.8, 4) is 11.1 Å². The summed E-state index contributed by atoms with van der Waals surface area (Å²) in [5, 5.41) is 4.50. The Bertz CT molecular complexity index is 1460. The zero-order valence-corrected chi connectivity index (χ0v) is 20.9. The van der Waals surface area contributed by atoms with Gasteiger partial charge in [-0.2, -0.15) is 0 Å². The molecule has 1 atom stereocenters. The first-order valence-corrected chi connectivity index (χ1v) is 12.0. The summed E-state index contributed by atoms with van der Waals surface area (Å²) >= 11 is 0. The van der Waals surface area contributed by atoms with E-state index in [2.05, 4.69) is 11.9 Å². The number of hydrogen-bond acceptors (Lipinski definition) is 6. The van der Waals surface area contributed by atoms with Crippen LogP contribution in [0.2, 0.25) is 0 Å². The van der Waals surface area contributed by atoms with Crippen LogP contribution in [0.25, 0.3) is 21.9 Å². The van der Waals surface area contributed by atoms with Crippen molar-refractivity contribution < 1.29 is 28.6 Å². The summed E-state index contributed by atoms with van der Waals surface area (Å²) in [5.74, 6) is -1.24. The van der Waals surface area contributed by atoms with E-state index in [1.165, 1.54) is 6.92 Å².